The molecule has 0 aliphatic rings. The predicted molar refractivity (Wildman–Crippen MR) is 41.2 cm³/mol. The van der Waals surface area contributed by atoms with Crippen molar-refractivity contribution in [2.24, 2.45) is 11.5 Å². The van der Waals surface area contributed by atoms with E-state index in [9.17, 15) is 0 Å². The van der Waals surface area contributed by atoms with Crippen molar-refractivity contribution in [1.82, 2.24) is 0 Å². The van der Waals surface area contributed by atoms with Crippen LogP contribution in [-0.2, 0) is 17.1 Å². The zero-order valence-electron chi connectivity index (χ0n) is 7.33. The van der Waals surface area contributed by atoms with Crippen molar-refractivity contribution >= 4 is 0 Å². The number of unbranched alkanes of at least 4 members (excludes halogenated alkanes) is 1. The maximum absolute atomic E-state index is 5.69. The third kappa shape index (κ3) is 17.5. The average molecular weight is 354 g/mol. The van der Waals surface area contributed by atoms with Crippen molar-refractivity contribution < 1.29 is 51.0 Å². The van der Waals surface area contributed by atoms with E-state index < -0.39 is 0 Å². The Balaban J connectivity index is -0.000000107. The number of rotatable bonds is 5. The molecule has 1 unspecified atom stereocenters. The van der Waals surface area contributed by atoms with Gasteiger partial charge in [0.2, 0.25) is 0 Å². The first kappa shape index (κ1) is 23.3. The van der Waals surface area contributed by atoms with Crippen LogP contribution < -0.4 is 45.4 Å². The van der Waals surface area contributed by atoms with Gasteiger partial charge >= 0.3 is 17.1 Å². The van der Waals surface area contributed by atoms with Crippen molar-refractivity contribution in [3.8, 4) is 0 Å². The molecule has 0 aromatic heterocycles. The summed E-state index contributed by atoms with van der Waals surface area (Å²) >= 11 is 0. The Labute approximate surface area is 107 Å². The average Bonchev–Trinajstić information content (AvgIpc) is 1.85. The molecule has 0 bridgehead atoms. The minimum atomic E-state index is 0. The Hall–Kier alpha value is 1.40. The summed E-state index contributed by atoms with van der Waals surface area (Å²) < 4.78 is 0. The Morgan fingerprint density at radius 2 is 1.67 bits per heavy atom. The summed E-state index contributed by atoms with van der Waals surface area (Å²) in [6.45, 7) is 2.90. The van der Waals surface area contributed by atoms with Gasteiger partial charge < -0.3 is 45.4 Å². The van der Waals surface area contributed by atoms with E-state index in [1.54, 1.807) is 0 Å². The third-order valence-corrected chi connectivity index (χ3v) is 1.47. The predicted octanol–water partition coefficient (Wildman–Crippen LogP) is -5.14. The van der Waals surface area contributed by atoms with Gasteiger partial charge in [0, 0.05) is 6.04 Å². The molecule has 12 heavy (non-hydrogen) atoms. The second-order valence-corrected chi connectivity index (χ2v) is 2.48. The molecule has 0 fully saturated rings. The van der Waals surface area contributed by atoms with Gasteiger partial charge in [0.15, 0.2) is 0 Å². The van der Waals surface area contributed by atoms with Crippen molar-refractivity contribution in [3.05, 3.63) is 0 Å². The standard InChI is InChI=1S/C7H18N2.2BrH.Cu/c1-2-3-4-7(9)5-6-8;;;/h7H,2-6,8-9H2,1H3;2*1H;/q;;;+2/p-2. The molecular weight excluding hydrogens is 335 g/mol. The molecule has 81 valence electrons. The minimum absolute atomic E-state index is 0. The van der Waals surface area contributed by atoms with Gasteiger partial charge in [-0.1, -0.05) is 19.8 Å². The van der Waals surface area contributed by atoms with E-state index in [1.165, 1.54) is 12.8 Å². The number of nitrogens with two attached hydrogens (primary N) is 2. The van der Waals surface area contributed by atoms with Gasteiger partial charge in [0.1, 0.15) is 0 Å². The largest absolute Gasteiger partial charge is 2.00 e. The molecular formula is C7H18Br2CuN2. The molecule has 0 aliphatic heterocycles. The maximum atomic E-state index is 5.69. The first-order valence-corrected chi connectivity index (χ1v) is 3.77. The molecule has 0 amide bonds. The monoisotopic (exact) mass is 351 g/mol. The van der Waals surface area contributed by atoms with Crippen molar-refractivity contribution in [2.45, 2.75) is 38.6 Å². The van der Waals surface area contributed by atoms with Gasteiger partial charge in [-0.3, -0.25) is 0 Å². The molecule has 5 heteroatoms. The Kier molecular flexibility index (Phi) is 35.4. The number of halogens is 2. The summed E-state index contributed by atoms with van der Waals surface area (Å²) in [7, 11) is 0. The first-order valence-electron chi connectivity index (χ1n) is 3.77. The first-order chi connectivity index (χ1) is 4.31. The molecule has 0 aromatic carbocycles. The Morgan fingerprint density at radius 1 is 1.17 bits per heavy atom. The SMILES string of the molecule is CCCCC(N)CCN.[Br-].[Br-].[Cu+2]. The van der Waals surface area contributed by atoms with E-state index in [0.717, 1.165) is 19.4 Å². The number of hydrogen-bond acceptors (Lipinski definition) is 2. The normalized spacial score (nSPS) is 10.2. The second-order valence-electron chi connectivity index (χ2n) is 2.48. The van der Waals surface area contributed by atoms with Crippen LogP contribution in [0.3, 0.4) is 0 Å². The van der Waals surface area contributed by atoms with Gasteiger partial charge in [-0.2, -0.15) is 0 Å². The molecule has 0 heterocycles. The van der Waals surface area contributed by atoms with E-state index in [4.69, 9.17) is 11.5 Å². The Morgan fingerprint density at radius 3 is 2.00 bits per heavy atom. The quantitative estimate of drug-likeness (QED) is 0.486. The molecule has 0 spiro atoms. The van der Waals surface area contributed by atoms with E-state index in [-0.39, 0.29) is 51.0 Å². The van der Waals surface area contributed by atoms with Crippen molar-refractivity contribution in [2.75, 3.05) is 6.54 Å². The Bertz CT molecular complexity index is 67.4. The maximum Gasteiger partial charge on any atom is 2.00 e. The smallest absolute Gasteiger partial charge is 1.00 e. The zero-order valence-corrected chi connectivity index (χ0v) is 11.4. The van der Waals surface area contributed by atoms with Crippen LogP contribution in [0.15, 0.2) is 0 Å². The second kappa shape index (κ2) is 18.2. The molecule has 0 saturated carbocycles. The topological polar surface area (TPSA) is 52.0 Å². The minimum Gasteiger partial charge on any atom is -1.00 e. The fourth-order valence-electron chi connectivity index (χ4n) is 0.825. The summed E-state index contributed by atoms with van der Waals surface area (Å²) in [6, 6.07) is 0.343. The fraction of sp³-hybridized carbons (Fsp3) is 1.00. The van der Waals surface area contributed by atoms with Gasteiger partial charge in [-0.25, -0.2) is 0 Å². The van der Waals surface area contributed by atoms with E-state index in [0.29, 0.717) is 6.04 Å². The zero-order chi connectivity index (χ0) is 7.11. The molecule has 1 radical (unpaired) electrons. The molecule has 0 rings (SSSR count). The molecule has 4 N–H and O–H groups in total. The summed E-state index contributed by atoms with van der Waals surface area (Å²) in [6.07, 6.45) is 4.58. The van der Waals surface area contributed by atoms with Crippen LogP contribution >= 0.6 is 0 Å². The van der Waals surface area contributed by atoms with Crippen LogP contribution in [0.4, 0.5) is 0 Å². The van der Waals surface area contributed by atoms with Crippen molar-refractivity contribution in [3.63, 3.8) is 0 Å². The van der Waals surface area contributed by atoms with Gasteiger partial charge in [0.25, 0.3) is 0 Å². The van der Waals surface area contributed by atoms with E-state index >= 15 is 0 Å². The van der Waals surface area contributed by atoms with Gasteiger partial charge in [0.05, 0.1) is 0 Å². The van der Waals surface area contributed by atoms with E-state index in [1.807, 2.05) is 0 Å². The van der Waals surface area contributed by atoms with E-state index in [2.05, 4.69) is 6.92 Å². The molecule has 0 aliphatic carbocycles. The third-order valence-electron chi connectivity index (χ3n) is 1.47. The summed E-state index contributed by atoms with van der Waals surface area (Å²) in [5.74, 6) is 0. The van der Waals surface area contributed by atoms with Crippen LogP contribution in [0.5, 0.6) is 0 Å². The van der Waals surface area contributed by atoms with Crippen LogP contribution in [0.1, 0.15) is 32.6 Å². The number of hydrogen-bond donors (Lipinski definition) is 2. The van der Waals surface area contributed by atoms with Gasteiger partial charge in [-0.15, -0.1) is 0 Å². The molecule has 2 nitrogen and oxygen atoms in total. The van der Waals surface area contributed by atoms with Crippen LogP contribution in [0.25, 0.3) is 0 Å². The summed E-state index contributed by atoms with van der Waals surface area (Å²) in [5, 5.41) is 0. The van der Waals surface area contributed by atoms with Gasteiger partial charge in [-0.05, 0) is 19.4 Å². The molecule has 1 atom stereocenters. The van der Waals surface area contributed by atoms with Crippen LogP contribution in [0.2, 0.25) is 0 Å². The van der Waals surface area contributed by atoms with Crippen LogP contribution in [-0.4, -0.2) is 12.6 Å². The fourth-order valence-corrected chi connectivity index (χ4v) is 0.825. The van der Waals surface area contributed by atoms with Crippen LogP contribution in [0, 0.1) is 0 Å². The molecule has 0 saturated heterocycles. The summed E-state index contributed by atoms with van der Waals surface area (Å²) in [4.78, 5) is 0. The molecule has 0 aromatic rings. The summed E-state index contributed by atoms with van der Waals surface area (Å²) in [5.41, 5.74) is 11.0. The van der Waals surface area contributed by atoms with Crippen molar-refractivity contribution in [1.29, 1.82) is 0 Å².